The van der Waals surface area contributed by atoms with Gasteiger partial charge in [-0.3, -0.25) is 25.0 Å². The quantitative estimate of drug-likeness (QED) is 0.00991. The van der Waals surface area contributed by atoms with Crippen molar-refractivity contribution in [3.05, 3.63) is 127 Å². The minimum atomic E-state index is -4.40. The van der Waals surface area contributed by atoms with Crippen LogP contribution in [0, 0.1) is 5.41 Å². The Morgan fingerprint density at radius 1 is 0.600 bits per heavy atom. The Balaban J connectivity index is 0.613. The first-order valence-corrected chi connectivity index (χ1v) is 32.1. The first-order valence-electron chi connectivity index (χ1n) is 30.6. The van der Waals surface area contributed by atoms with Crippen molar-refractivity contribution in [3.8, 4) is 28.3 Å². The number of carbonyl (C=O) groups is 2. The molecule has 1 aliphatic rings. The monoisotopic (exact) mass is 1270 g/mol. The second-order valence-electron chi connectivity index (χ2n) is 21.1. The number of amidine groups is 1. The van der Waals surface area contributed by atoms with Gasteiger partial charge >= 0.3 is 0 Å². The van der Waals surface area contributed by atoms with Crippen molar-refractivity contribution in [3.63, 3.8) is 0 Å². The number of anilines is 1. The van der Waals surface area contributed by atoms with Gasteiger partial charge in [-0.25, -0.2) is 15.5 Å². The van der Waals surface area contributed by atoms with E-state index in [2.05, 4.69) is 86.4 Å². The lowest BCUT2D eigenvalue weighted by Crippen LogP contribution is -2.45. The molecule has 6 N–H and O–H groups in total. The molecular formula is C64H90N10O15S. The first-order chi connectivity index (χ1) is 43.9. The van der Waals surface area contributed by atoms with Crippen molar-refractivity contribution in [2.75, 3.05) is 151 Å². The van der Waals surface area contributed by atoms with Crippen LogP contribution in [0.1, 0.15) is 74.7 Å². The van der Waals surface area contributed by atoms with Crippen molar-refractivity contribution >= 4 is 39.8 Å². The van der Waals surface area contributed by atoms with Gasteiger partial charge in [0.05, 0.1) is 136 Å². The number of aromatic nitrogens is 2. The number of hydrazine groups is 2. The zero-order valence-electron chi connectivity index (χ0n) is 51.9. The Morgan fingerprint density at radius 3 is 1.76 bits per heavy atom. The third-order valence-corrected chi connectivity index (χ3v) is 14.5. The van der Waals surface area contributed by atoms with E-state index in [0.29, 0.717) is 169 Å². The number of unbranched alkanes of at least 4 members (excludes halogenated alkanes) is 2. The van der Waals surface area contributed by atoms with Gasteiger partial charge in [-0.1, -0.05) is 92.7 Å². The Bertz CT molecular complexity index is 2910. The Labute approximate surface area is 528 Å². The first kappa shape index (κ1) is 72.0. The van der Waals surface area contributed by atoms with Crippen LogP contribution in [0.2, 0.25) is 0 Å². The molecule has 6 rings (SSSR count). The fourth-order valence-corrected chi connectivity index (χ4v) is 9.29. The molecular weight excluding hydrogens is 1180 g/mol. The van der Waals surface area contributed by atoms with E-state index >= 15 is 0 Å². The number of benzene rings is 3. The number of amides is 2. The highest BCUT2D eigenvalue weighted by Crippen LogP contribution is 2.30. The van der Waals surface area contributed by atoms with Crippen LogP contribution < -0.4 is 31.8 Å². The van der Waals surface area contributed by atoms with Crippen molar-refractivity contribution in [2.24, 2.45) is 15.6 Å². The van der Waals surface area contributed by atoms with Gasteiger partial charge in [0, 0.05) is 61.5 Å². The molecule has 26 heteroatoms. The number of carbonyl (C=O) groups excluding carboxylic acids is 2. The minimum absolute atomic E-state index is 0.0388. The highest BCUT2D eigenvalue weighted by atomic mass is 32.2. The number of nitrogens with zero attached hydrogens (tertiary/aromatic N) is 5. The summed E-state index contributed by atoms with van der Waals surface area (Å²) in [6.07, 6.45) is 8.18. The second kappa shape index (κ2) is 42.8. The summed E-state index contributed by atoms with van der Waals surface area (Å²) in [4.78, 5) is 33.5. The van der Waals surface area contributed by atoms with Gasteiger partial charge in [0.25, 0.3) is 16.0 Å². The van der Waals surface area contributed by atoms with Crippen LogP contribution in [0.25, 0.3) is 22.4 Å². The van der Waals surface area contributed by atoms with Crippen LogP contribution in [0.4, 0.5) is 5.82 Å². The summed E-state index contributed by atoms with van der Waals surface area (Å²) in [5, 5.41) is 16.1. The van der Waals surface area contributed by atoms with Crippen LogP contribution in [-0.2, 0) is 57.5 Å². The number of pyridine rings is 2. The van der Waals surface area contributed by atoms with Crippen molar-refractivity contribution in [1.82, 2.24) is 36.7 Å². The highest BCUT2D eigenvalue weighted by molar-refractivity contribution is 7.86. The Hall–Kier alpha value is -7.05. The van der Waals surface area contributed by atoms with Crippen molar-refractivity contribution in [2.45, 2.75) is 63.7 Å². The third-order valence-electron chi connectivity index (χ3n) is 13.5. The molecule has 0 unspecified atom stereocenters. The maximum atomic E-state index is 12.4. The largest absolute Gasteiger partial charge is 0.478 e. The van der Waals surface area contributed by atoms with E-state index < -0.39 is 10.1 Å². The van der Waals surface area contributed by atoms with E-state index in [0.717, 1.165) is 66.7 Å². The maximum absolute atomic E-state index is 12.4. The molecule has 0 saturated carbocycles. The van der Waals surface area contributed by atoms with E-state index in [4.69, 9.17) is 52.4 Å². The number of nitrogens with one attached hydrogen (secondary N) is 5. The molecule has 5 aromatic rings. The zero-order valence-corrected chi connectivity index (χ0v) is 52.7. The average molecular weight is 1270 g/mol. The molecule has 25 nitrogen and oxygen atoms in total. The zero-order chi connectivity index (χ0) is 63.6. The summed E-state index contributed by atoms with van der Waals surface area (Å²) in [5.41, 5.74) is 13.6. The topological polar surface area (TPSA) is 295 Å². The van der Waals surface area contributed by atoms with E-state index in [1.165, 1.54) is 30.6 Å². The van der Waals surface area contributed by atoms with Crippen LogP contribution in [0.15, 0.2) is 130 Å². The lowest BCUT2D eigenvalue weighted by Gasteiger charge is -2.25. The molecule has 2 amide bonds. The van der Waals surface area contributed by atoms with Gasteiger partial charge in [0.2, 0.25) is 11.8 Å². The molecule has 0 bridgehead atoms. The normalized spacial score (nSPS) is 12.6. The van der Waals surface area contributed by atoms with Gasteiger partial charge in [-0.2, -0.15) is 13.5 Å². The van der Waals surface area contributed by atoms with Crippen LogP contribution in [0.3, 0.4) is 0 Å². The fraction of sp³-hybridized carbons (Fsp3) is 0.500. The lowest BCUT2D eigenvalue weighted by molar-refractivity contribution is -0.121. The smallest absolute Gasteiger partial charge is 0.295 e. The van der Waals surface area contributed by atoms with Gasteiger partial charge in [-0.05, 0) is 73.9 Å². The van der Waals surface area contributed by atoms with Gasteiger partial charge < -0.3 is 58.0 Å². The summed E-state index contributed by atoms with van der Waals surface area (Å²) in [6.45, 7) is 14.4. The molecule has 90 heavy (non-hydrogen) atoms. The van der Waals surface area contributed by atoms with Crippen LogP contribution in [0.5, 0.6) is 5.88 Å². The van der Waals surface area contributed by atoms with E-state index in [1.54, 1.807) is 18.2 Å². The number of hydrazone groups is 2. The molecule has 1 aliphatic heterocycles. The molecule has 492 valence electrons. The van der Waals surface area contributed by atoms with Crippen LogP contribution >= 0.6 is 0 Å². The fourth-order valence-electron chi connectivity index (χ4n) is 8.62. The Morgan fingerprint density at radius 2 is 1.17 bits per heavy atom. The summed E-state index contributed by atoms with van der Waals surface area (Å²) in [6, 6.07) is 33.6. The average Bonchev–Trinajstić information content (AvgIpc) is 1.49. The molecule has 0 fully saturated rings. The molecule has 0 saturated heterocycles. The van der Waals surface area contributed by atoms with Gasteiger partial charge in [0.15, 0.2) is 0 Å². The number of ether oxygens (including phenoxy) is 10. The Kier molecular flexibility index (Phi) is 34.3. The predicted octanol–water partition coefficient (Wildman–Crippen LogP) is 6.97. The molecule has 0 aliphatic carbocycles. The SMILES string of the molecule is CC(C)(CCCCOc1cc(-c2ccccc2)cc(-c2ccccc2)n1)C1=NNN(CCCCC(=O)NCCCOCCOCCOCCOCCOCCOCCOCCOCCOCCNC(=O)c2ccc(N/N=C/c3ccccc3S(=O)(=O)O)nc2)N1. The predicted molar refractivity (Wildman–Crippen MR) is 342 cm³/mol. The third kappa shape index (κ3) is 29.7. The van der Waals surface area contributed by atoms with E-state index in [1.807, 2.05) is 47.6 Å². The molecule has 3 heterocycles. The van der Waals surface area contributed by atoms with Crippen molar-refractivity contribution in [1.29, 1.82) is 0 Å². The number of hydrogen-bond acceptors (Lipinski definition) is 22. The number of rotatable bonds is 50. The highest BCUT2D eigenvalue weighted by Gasteiger charge is 2.30. The molecule has 2 aromatic heterocycles. The minimum Gasteiger partial charge on any atom is -0.478 e. The summed E-state index contributed by atoms with van der Waals surface area (Å²) in [5.74, 6) is 1.56. The lowest BCUT2D eigenvalue weighted by atomic mass is 9.86. The summed E-state index contributed by atoms with van der Waals surface area (Å²) in [7, 11) is -4.40. The summed E-state index contributed by atoms with van der Waals surface area (Å²) >= 11 is 0. The molecule has 0 radical (unpaired) electrons. The van der Waals surface area contributed by atoms with Gasteiger partial charge in [0.1, 0.15) is 16.5 Å². The molecule has 0 spiro atoms. The van der Waals surface area contributed by atoms with Crippen LogP contribution in [-0.4, -0.2) is 197 Å². The number of hydrogen-bond donors (Lipinski definition) is 6. The molecule has 0 atom stereocenters. The summed E-state index contributed by atoms with van der Waals surface area (Å²) < 4.78 is 88.6. The maximum Gasteiger partial charge on any atom is 0.295 e. The van der Waals surface area contributed by atoms with E-state index in [-0.39, 0.29) is 27.7 Å². The standard InChI is InChI=1S/C64H90N10O15S/c1-64(2,25-12-14-30-89-61-49-56(52-16-5-3-6-17-52)48-57(69-61)53-18-7-4-8-19-53)63-71-73-74(72-63)28-13-11-22-60(75)65-26-15-29-80-32-34-82-36-38-84-40-42-86-44-46-88-47-45-87-43-41-85-39-37-83-35-33-81-31-27-66-62(76)55-23-24-59(67-50-55)70-68-51-54-20-9-10-21-58(54)90(77,78)79/h3-10,16-21,23-24,48-51,73H,11-15,22,25-47H2,1-2H3,(H,65,75)(H,66,76)(H,67,70)(H,71,72)(H,77,78,79)/b68-51+. The van der Waals surface area contributed by atoms with Crippen molar-refractivity contribution < 1.29 is 69.9 Å². The second-order valence-corrected chi connectivity index (χ2v) is 22.5. The molecule has 3 aromatic carbocycles. The van der Waals surface area contributed by atoms with E-state index in [9.17, 15) is 22.6 Å². The van der Waals surface area contributed by atoms with Gasteiger partial charge in [-0.15, -0.1) is 10.2 Å².